The zero-order chi connectivity index (χ0) is 23.9. The molecule has 1 saturated heterocycles. The molecule has 0 atom stereocenters. The number of pyridine rings is 1. The number of nitrogens with one attached hydrogen (secondary N) is 1. The third-order valence-electron chi connectivity index (χ3n) is 7.32. The van der Waals surface area contributed by atoms with Crippen LogP contribution in [0.2, 0.25) is 0 Å². The van der Waals surface area contributed by atoms with E-state index in [2.05, 4.69) is 60.5 Å². The van der Waals surface area contributed by atoms with Gasteiger partial charge in [0.1, 0.15) is 0 Å². The smallest absolute Gasteiger partial charge is 0.252 e. The Hall–Kier alpha value is -3.54. The van der Waals surface area contributed by atoms with Gasteiger partial charge in [0.2, 0.25) is 0 Å². The van der Waals surface area contributed by atoms with E-state index < -0.39 is 0 Å². The Morgan fingerprint density at radius 3 is 2.49 bits per heavy atom. The van der Waals surface area contributed by atoms with Crippen LogP contribution in [0.1, 0.15) is 32.6 Å². The van der Waals surface area contributed by atoms with Crippen LogP contribution < -0.4 is 5.32 Å². The van der Waals surface area contributed by atoms with Gasteiger partial charge in [-0.15, -0.1) is 0 Å². The molecule has 0 spiro atoms. The Morgan fingerprint density at radius 1 is 0.971 bits per heavy atom. The number of aromatic nitrogens is 1. The van der Waals surface area contributed by atoms with Crippen LogP contribution in [0.4, 0.5) is 0 Å². The van der Waals surface area contributed by atoms with Crippen LogP contribution in [0.25, 0.3) is 33.2 Å². The Kier molecular flexibility index (Phi) is 5.59. The Balaban J connectivity index is 1.48. The zero-order valence-corrected chi connectivity index (χ0v) is 20.2. The van der Waals surface area contributed by atoms with Gasteiger partial charge in [-0.1, -0.05) is 42.5 Å². The minimum atomic E-state index is -0.0363. The fraction of sp³-hybridized carbons (Fsp3) is 0.267. The van der Waals surface area contributed by atoms with E-state index in [-0.39, 0.29) is 5.91 Å². The lowest BCUT2D eigenvalue weighted by Gasteiger charge is -2.26. The first-order valence-corrected chi connectivity index (χ1v) is 12.3. The van der Waals surface area contributed by atoms with Crippen molar-refractivity contribution in [2.45, 2.75) is 26.9 Å². The number of hydrogen-bond donors (Lipinski definition) is 1. The number of fused-ring (bicyclic) bond motifs is 5. The van der Waals surface area contributed by atoms with Crippen molar-refractivity contribution in [3.05, 3.63) is 88.6 Å². The minimum Gasteiger partial charge on any atom is -0.379 e. The summed E-state index contributed by atoms with van der Waals surface area (Å²) >= 11 is 0. The van der Waals surface area contributed by atoms with Crippen molar-refractivity contribution in [1.29, 1.82) is 0 Å². The van der Waals surface area contributed by atoms with Crippen LogP contribution in [0.3, 0.4) is 0 Å². The molecular weight excluding hydrogens is 434 g/mol. The second kappa shape index (κ2) is 8.91. The van der Waals surface area contributed by atoms with Crippen molar-refractivity contribution >= 4 is 16.8 Å². The van der Waals surface area contributed by atoms with Gasteiger partial charge in [0.05, 0.1) is 18.7 Å². The van der Waals surface area contributed by atoms with Gasteiger partial charge in [0.25, 0.3) is 5.91 Å². The Labute approximate surface area is 205 Å². The van der Waals surface area contributed by atoms with Crippen LogP contribution in [0, 0.1) is 13.8 Å². The number of nitrogens with zero attached hydrogens (tertiary/aromatic N) is 2. The minimum absolute atomic E-state index is 0.0363. The third-order valence-corrected chi connectivity index (χ3v) is 7.32. The summed E-state index contributed by atoms with van der Waals surface area (Å²) in [5.74, 6) is -0.0363. The predicted molar refractivity (Wildman–Crippen MR) is 139 cm³/mol. The average Bonchev–Trinajstić information content (AvgIpc) is 3.02. The zero-order valence-electron chi connectivity index (χ0n) is 20.2. The lowest BCUT2D eigenvalue weighted by atomic mass is 9.86. The topological polar surface area (TPSA) is 54.5 Å². The number of rotatable bonds is 3. The maximum atomic E-state index is 12.8. The first-order chi connectivity index (χ1) is 17.1. The molecule has 176 valence electrons. The van der Waals surface area contributed by atoms with Gasteiger partial charge >= 0.3 is 0 Å². The van der Waals surface area contributed by atoms with Gasteiger partial charge in [-0.05, 0) is 70.5 Å². The molecule has 35 heavy (non-hydrogen) atoms. The molecule has 5 nitrogen and oxygen atoms in total. The van der Waals surface area contributed by atoms with Crippen LogP contribution in [0.15, 0.2) is 60.8 Å². The molecule has 3 aromatic carbocycles. The first kappa shape index (κ1) is 22.0. The van der Waals surface area contributed by atoms with Crippen molar-refractivity contribution < 1.29 is 9.53 Å². The molecule has 1 aromatic heterocycles. The van der Waals surface area contributed by atoms with Crippen LogP contribution in [0.5, 0.6) is 0 Å². The maximum absolute atomic E-state index is 12.8. The molecule has 1 N–H and O–H groups in total. The van der Waals surface area contributed by atoms with Gasteiger partial charge in [-0.3, -0.25) is 14.7 Å². The van der Waals surface area contributed by atoms with Crippen molar-refractivity contribution in [1.82, 2.24) is 15.2 Å². The summed E-state index contributed by atoms with van der Waals surface area (Å²) < 4.78 is 5.48. The van der Waals surface area contributed by atoms with Gasteiger partial charge in [0, 0.05) is 43.3 Å². The van der Waals surface area contributed by atoms with Gasteiger partial charge in [-0.25, -0.2) is 0 Å². The first-order valence-electron chi connectivity index (χ1n) is 12.3. The maximum Gasteiger partial charge on any atom is 0.252 e. The average molecular weight is 464 g/mol. The summed E-state index contributed by atoms with van der Waals surface area (Å²) in [4.78, 5) is 20.0. The molecule has 2 aliphatic heterocycles. The second-order valence-corrected chi connectivity index (χ2v) is 9.56. The molecule has 2 aliphatic rings. The fourth-order valence-electron chi connectivity index (χ4n) is 5.60. The highest BCUT2D eigenvalue weighted by atomic mass is 16.5. The number of morpholine rings is 1. The summed E-state index contributed by atoms with van der Waals surface area (Å²) in [6.07, 6.45) is 1.92. The lowest BCUT2D eigenvalue weighted by Crippen LogP contribution is -2.35. The van der Waals surface area contributed by atoms with E-state index >= 15 is 0 Å². The van der Waals surface area contributed by atoms with Crippen LogP contribution >= 0.6 is 0 Å². The number of benzene rings is 3. The fourth-order valence-corrected chi connectivity index (χ4v) is 5.60. The number of hydrogen-bond acceptors (Lipinski definition) is 4. The molecule has 0 bridgehead atoms. The van der Waals surface area contributed by atoms with Crippen molar-refractivity contribution in [2.75, 3.05) is 26.3 Å². The largest absolute Gasteiger partial charge is 0.379 e. The molecule has 1 amide bonds. The third kappa shape index (κ3) is 3.91. The Morgan fingerprint density at radius 2 is 1.71 bits per heavy atom. The van der Waals surface area contributed by atoms with E-state index in [0.717, 1.165) is 60.4 Å². The number of aryl methyl sites for hydroxylation is 2. The molecule has 1 fully saturated rings. The Bertz CT molecular complexity index is 1440. The van der Waals surface area contributed by atoms with Gasteiger partial charge in [0.15, 0.2) is 0 Å². The van der Waals surface area contributed by atoms with Crippen molar-refractivity contribution in [3.63, 3.8) is 0 Å². The molecule has 3 heterocycles. The highest BCUT2D eigenvalue weighted by Gasteiger charge is 2.24. The molecule has 0 saturated carbocycles. The van der Waals surface area contributed by atoms with E-state index in [0.29, 0.717) is 12.1 Å². The number of amides is 1. The summed E-state index contributed by atoms with van der Waals surface area (Å²) in [6, 6.07) is 19.0. The highest BCUT2D eigenvalue weighted by molar-refractivity contribution is 6.09. The number of carbonyl (C=O) groups is 1. The molecule has 0 unspecified atom stereocenters. The standard InChI is InChI=1S/C30H29N3O2/c1-19-15-26-28(29-23(16-31-26)17-32-30(34)25-6-4-3-5-24(25)29)20(2)27(19)22-9-7-21(8-10-22)18-33-11-13-35-14-12-33/h3-10,15-16H,11-14,17-18H2,1-2H3,(H,32,34). The van der Waals surface area contributed by atoms with E-state index in [1.54, 1.807) is 0 Å². The lowest BCUT2D eigenvalue weighted by molar-refractivity contribution is 0.0342. The molecular formula is C30H29N3O2. The summed E-state index contributed by atoms with van der Waals surface area (Å²) in [5.41, 5.74) is 11.0. The molecule has 5 heteroatoms. The SMILES string of the molecule is Cc1cc2ncc3c(c2c(C)c1-c1ccc(CN2CCOCC2)cc1)-c1ccccc1C(=O)NC3. The van der Waals surface area contributed by atoms with Crippen LogP contribution in [-0.2, 0) is 17.8 Å². The molecule has 0 radical (unpaired) electrons. The van der Waals surface area contributed by atoms with E-state index in [1.165, 1.54) is 27.8 Å². The normalized spacial score (nSPS) is 15.9. The summed E-state index contributed by atoms with van der Waals surface area (Å²) in [5, 5.41) is 4.18. The monoisotopic (exact) mass is 463 g/mol. The number of carbonyl (C=O) groups excluding carboxylic acids is 1. The molecule has 6 rings (SSSR count). The molecule has 4 aromatic rings. The van der Waals surface area contributed by atoms with Gasteiger partial charge < -0.3 is 10.1 Å². The van der Waals surface area contributed by atoms with E-state index in [4.69, 9.17) is 9.72 Å². The van der Waals surface area contributed by atoms with Crippen LogP contribution in [-0.4, -0.2) is 42.1 Å². The summed E-state index contributed by atoms with van der Waals surface area (Å²) in [6.45, 7) is 9.39. The van der Waals surface area contributed by atoms with Crippen molar-refractivity contribution in [3.8, 4) is 22.3 Å². The number of ether oxygens (including phenoxy) is 1. The quantitative estimate of drug-likeness (QED) is 0.450. The predicted octanol–water partition coefficient (Wildman–Crippen LogP) is 5.26. The molecule has 0 aliphatic carbocycles. The van der Waals surface area contributed by atoms with Crippen molar-refractivity contribution in [2.24, 2.45) is 0 Å². The van der Waals surface area contributed by atoms with E-state index in [1.807, 2.05) is 24.4 Å². The highest BCUT2D eigenvalue weighted by Crippen LogP contribution is 2.41. The summed E-state index contributed by atoms with van der Waals surface area (Å²) in [7, 11) is 0. The van der Waals surface area contributed by atoms with Gasteiger partial charge in [-0.2, -0.15) is 0 Å². The second-order valence-electron chi connectivity index (χ2n) is 9.56. The van der Waals surface area contributed by atoms with E-state index in [9.17, 15) is 4.79 Å².